The summed E-state index contributed by atoms with van der Waals surface area (Å²) in [7, 11) is 0. The predicted molar refractivity (Wildman–Crippen MR) is 98.0 cm³/mol. The summed E-state index contributed by atoms with van der Waals surface area (Å²) >= 11 is 0. The molecule has 0 aliphatic carbocycles. The molecule has 0 bridgehead atoms. The number of piperidine rings is 1. The van der Waals surface area contributed by atoms with Crippen LogP contribution in [0.3, 0.4) is 0 Å². The minimum absolute atomic E-state index is 0.169. The van der Waals surface area contributed by atoms with Crippen LogP contribution >= 0.6 is 0 Å². The van der Waals surface area contributed by atoms with E-state index in [1.165, 1.54) is 12.1 Å². The molecule has 1 fully saturated rings. The summed E-state index contributed by atoms with van der Waals surface area (Å²) in [4.78, 5) is 13.7. The Hall–Kier alpha value is -2.77. The number of esters is 1. The zero-order chi connectivity index (χ0) is 19.4. The Labute approximate surface area is 156 Å². The molecule has 144 valence electrons. The number of anilines is 2. The Bertz CT molecular complexity index is 823. The highest BCUT2D eigenvalue weighted by atomic mass is 19.1. The smallest absolute Gasteiger partial charge is 0.306 e. The van der Waals surface area contributed by atoms with Crippen molar-refractivity contribution in [3.63, 3.8) is 0 Å². The van der Waals surface area contributed by atoms with Crippen LogP contribution in [0.25, 0.3) is 11.3 Å². The van der Waals surface area contributed by atoms with Gasteiger partial charge in [0.1, 0.15) is 11.6 Å². The lowest BCUT2D eigenvalue weighted by Gasteiger charge is -2.33. The van der Waals surface area contributed by atoms with Crippen molar-refractivity contribution in [3.05, 3.63) is 35.9 Å². The monoisotopic (exact) mass is 376 g/mol. The van der Waals surface area contributed by atoms with Crippen molar-refractivity contribution in [2.24, 2.45) is 5.92 Å². The van der Waals surface area contributed by atoms with Crippen molar-refractivity contribution in [3.8, 4) is 11.3 Å². The number of carbonyl (C=O) groups is 1. The standard InChI is InChI=1S/C19H22F2N4O2/c1-2-27-18(26)9-12-5-7-25(8-6-12)17-11-16(23-24-19(17)22)14-4-3-13(20)10-15(14)21/h3-4,10-12H,2,5-9H2,1H3,(H2,22,24). The van der Waals surface area contributed by atoms with E-state index >= 15 is 0 Å². The van der Waals surface area contributed by atoms with Gasteiger partial charge in [0.15, 0.2) is 5.82 Å². The third-order valence-corrected chi connectivity index (χ3v) is 4.72. The van der Waals surface area contributed by atoms with Crippen LogP contribution in [0.5, 0.6) is 0 Å². The zero-order valence-electron chi connectivity index (χ0n) is 15.1. The van der Waals surface area contributed by atoms with Gasteiger partial charge in [-0.05, 0) is 43.9 Å². The third-order valence-electron chi connectivity index (χ3n) is 4.72. The predicted octanol–water partition coefficient (Wildman–Crippen LogP) is 3.17. The summed E-state index contributed by atoms with van der Waals surface area (Å²) in [6, 6.07) is 5.00. The van der Waals surface area contributed by atoms with E-state index in [4.69, 9.17) is 10.5 Å². The average Bonchev–Trinajstić information content (AvgIpc) is 2.63. The van der Waals surface area contributed by atoms with Gasteiger partial charge < -0.3 is 15.4 Å². The maximum atomic E-state index is 14.0. The number of carbonyl (C=O) groups excluding carboxylic acids is 1. The third kappa shape index (κ3) is 4.50. The fraction of sp³-hybridized carbons (Fsp3) is 0.421. The summed E-state index contributed by atoms with van der Waals surface area (Å²) in [5.41, 5.74) is 7.10. The zero-order valence-corrected chi connectivity index (χ0v) is 15.1. The minimum atomic E-state index is -0.701. The first-order chi connectivity index (χ1) is 13.0. The Morgan fingerprint density at radius 1 is 1.26 bits per heavy atom. The van der Waals surface area contributed by atoms with Crippen LogP contribution in [0.4, 0.5) is 20.3 Å². The van der Waals surface area contributed by atoms with E-state index in [-0.39, 0.29) is 23.3 Å². The Balaban J connectivity index is 1.73. The second kappa shape index (κ2) is 8.28. The molecule has 1 aromatic carbocycles. The number of rotatable bonds is 5. The van der Waals surface area contributed by atoms with Crippen molar-refractivity contribution in [1.29, 1.82) is 0 Å². The van der Waals surface area contributed by atoms with E-state index in [9.17, 15) is 13.6 Å². The molecule has 0 amide bonds. The van der Waals surface area contributed by atoms with Crippen LogP contribution in [0.15, 0.2) is 24.3 Å². The van der Waals surface area contributed by atoms with E-state index in [1.54, 1.807) is 13.0 Å². The van der Waals surface area contributed by atoms with E-state index in [0.29, 0.717) is 37.5 Å². The largest absolute Gasteiger partial charge is 0.466 e. The maximum Gasteiger partial charge on any atom is 0.306 e. The van der Waals surface area contributed by atoms with Gasteiger partial charge in [-0.1, -0.05) is 0 Å². The Morgan fingerprint density at radius 3 is 2.67 bits per heavy atom. The average molecular weight is 376 g/mol. The Morgan fingerprint density at radius 2 is 2.00 bits per heavy atom. The molecule has 0 saturated carbocycles. The number of nitrogens with zero attached hydrogens (tertiary/aromatic N) is 3. The normalized spacial score (nSPS) is 15.0. The lowest BCUT2D eigenvalue weighted by atomic mass is 9.93. The minimum Gasteiger partial charge on any atom is -0.466 e. The number of nitrogen functional groups attached to an aromatic ring is 1. The summed E-state index contributed by atoms with van der Waals surface area (Å²) in [6.07, 6.45) is 2.05. The molecule has 0 atom stereocenters. The molecule has 0 unspecified atom stereocenters. The molecule has 27 heavy (non-hydrogen) atoms. The van der Waals surface area contributed by atoms with Gasteiger partial charge in [0, 0.05) is 31.1 Å². The van der Waals surface area contributed by atoms with Crippen LogP contribution in [0.2, 0.25) is 0 Å². The second-order valence-electron chi connectivity index (χ2n) is 6.56. The van der Waals surface area contributed by atoms with Crippen molar-refractivity contribution in [2.75, 3.05) is 30.3 Å². The summed E-state index contributed by atoms with van der Waals surface area (Å²) in [5.74, 6) is -0.998. The van der Waals surface area contributed by atoms with Crippen LogP contribution in [0, 0.1) is 17.6 Å². The summed E-state index contributed by atoms with van der Waals surface area (Å²) in [5, 5.41) is 7.88. The van der Waals surface area contributed by atoms with Crippen molar-refractivity contribution in [1.82, 2.24) is 10.2 Å². The van der Waals surface area contributed by atoms with Crippen molar-refractivity contribution >= 4 is 17.5 Å². The molecule has 2 N–H and O–H groups in total. The highest BCUT2D eigenvalue weighted by molar-refractivity contribution is 5.72. The molecule has 1 aliphatic heterocycles. The number of benzene rings is 1. The van der Waals surface area contributed by atoms with Gasteiger partial charge in [-0.25, -0.2) is 8.78 Å². The van der Waals surface area contributed by atoms with Gasteiger partial charge in [-0.2, -0.15) is 0 Å². The Kier molecular flexibility index (Phi) is 5.83. The summed E-state index contributed by atoms with van der Waals surface area (Å²) < 4.78 is 32.2. The number of hydrogen-bond donors (Lipinski definition) is 1. The molecule has 8 heteroatoms. The van der Waals surface area contributed by atoms with Crippen molar-refractivity contribution < 1.29 is 18.3 Å². The van der Waals surface area contributed by atoms with E-state index in [0.717, 1.165) is 18.9 Å². The van der Waals surface area contributed by atoms with Gasteiger partial charge in [-0.3, -0.25) is 4.79 Å². The highest BCUT2D eigenvalue weighted by Crippen LogP contribution is 2.31. The first-order valence-corrected chi connectivity index (χ1v) is 8.97. The first-order valence-electron chi connectivity index (χ1n) is 8.97. The number of hydrogen-bond acceptors (Lipinski definition) is 6. The molecular weight excluding hydrogens is 354 g/mol. The molecule has 0 spiro atoms. The molecule has 3 rings (SSSR count). The lowest BCUT2D eigenvalue weighted by molar-refractivity contribution is -0.144. The molecule has 6 nitrogen and oxygen atoms in total. The highest BCUT2D eigenvalue weighted by Gasteiger charge is 2.24. The topological polar surface area (TPSA) is 81.3 Å². The molecule has 1 aliphatic rings. The van der Waals surface area contributed by atoms with Gasteiger partial charge in [0.25, 0.3) is 0 Å². The van der Waals surface area contributed by atoms with Crippen LogP contribution < -0.4 is 10.6 Å². The van der Waals surface area contributed by atoms with Crippen LogP contribution in [-0.2, 0) is 9.53 Å². The molecule has 0 radical (unpaired) electrons. The molecule has 1 saturated heterocycles. The van der Waals surface area contributed by atoms with E-state index in [1.807, 2.05) is 0 Å². The first kappa shape index (κ1) is 19.0. The fourth-order valence-electron chi connectivity index (χ4n) is 3.31. The van der Waals surface area contributed by atoms with Crippen molar-refractivity contribution in [2.45, 2.75) is 26.2 Å². The number of halogens is 2. The molecule has 2 heterocycles. The summed E-state index contributed by atoms with van der Waals surface area (Å²) in [6.45, 7) is 3.58. The molecule has 1 aromatic heterocycles. The van der Waals surface area contributed by atoms with Crippen LogP contribution in [0.1, 0.15) is 26.2 Å². The van der Waals surface area contributed by atoms with Gasteiger partial charge >= 0.3 is 5.97 Å². The van der Waals surface area contributed by atoms with Gasteiger partial charge in [0.05, 0.1) is 18.0 Å². The molecular formula is C19H22F2N4O2. The maximum absolute atomic E-state index is 14.0. The van der Waals surface area contributed by atoms with E-state index in [2.05, 4.69) is 15.1 Å². The van der Waals surface area contributed by atoms with Gasteiger partial charge in [0.2, 0.25) is 0 Å². The van der Waals surface area contributed by atoms with Crippen LogP contribution in [-0.4, -0.2) is 35.9 Å². The fourth-order valence-corrected chi connectivity index (χ4v) is 3.31. The van der Waals surface area contributed by atoms with E-state index < -0.39 is 11.6 Å². The van der Waals surface area contributed by atoms with Gasteiger partial charge in [-0.15, -0.1) is 10.2 Å². The number of aromatic nitrogens is 2. The quantitative estimate of drug-likeness (QED) is 0.808. The number of nitrogens with two attached hydrogens (primary N) is 1. The number of ether oxygens (including phenoxy) is 1. The SMILES string of the molecule is CCOC(=O)CC1CCN(c2cc(-c3ccc(F)cc3F)nnc2N)CC1. The second-order valence-corrected chi connectivity index (χ2v) is 6.56. The lowest BCUT2D eigenvalue weighted by Crippen LogP contribution is -2.35. The molecule has 2 aromatic rings.